The lowest BCUT2D eigenvalue weighted by molar-refractivity contribution is 0.0984. The minimum absolute atomic E-state index is 0.122. The first-order chi connectivity index (χ1) is 16.7. The molecule has 10 nitrogen and oxygen atoms in total. The number of H-pyrrole nitrogens is 2. The maximum atomic E-state index is 12.6. The van der Waals surface area contributed by atoms with Gasteiger partial charge in [0.05, 0.1) is 28.9 Å². The molecule has 6 rings (SSSR count). The molecule has 2 aromatic carbocycles. The summed E-state index contributed by atoms with van der Waals surface area (Å²) >= 11 is 0. The number of carbonyl (C=O) groups excluding carboxylic acids is 1. The van der Waals surface area contributed by atoms with Gasteiger partial charge in [0.1, 0.15) is 5.82 Å². The van der Waals surface area contributed by atoms with Crippen molar-refractivity contribution in [3.05, 3.63) is 84.7 Å². The Bertz CT molecular complexity index is 1640. The highest BCUT2D eigenvalue weighted by molar-refractivity contribution is 5.97. The van der Waals surface area contributed by atoms with Crippen LogP contribution in [0, 0.1) is 0 Å². The quantitative estimate of drug-likeness (QED) is 0.327. The van der Waals surface area contributed by atoms with Crippen molar-refractivity contribution < 1.29 is 4.79 Å². The van der Waals surface area contributed by atoms with E-state index in [-0.39, 0.29) is 12.2 Å². The van der Waals surface area contributed by atoms with Crippen LogP contribution in [0.5, 0.6) is 0 Å². The summed E-state index contributed by atoms with van der Waals surface area (Å²) in [6.45, 7) is 0. The number of rotatable bonds is 6. The summed E-state index contributed by atoms with van der Waals surface area (Å²) in [6, 6.07) is 15.1. The second-order valence-corrected chi connectivity index (χ2v) is 7.73. The van der Waals surface area contributed by atoms with E-state index >= 15 is 0 Å². The number of anilines is 2. The van der Waals surface area contributed by atoms with Crippen LogP contribution in [0.4, 0.5) is 11.5 Å². The number of Topliss-reactive ketones (excluding diaryl/α,β-unsaturated/α-hetero) is 1. The Hall–Kier alpha value is -4.99. The number of nitrogens with one attached hydrogen (secondary N) is 3. The predicted octanol–water partition coefficient (Wildman–Crippen LogP) is 3.86. The third kappa shape index (κ3) is 3.84. The van der Waals surface area contributed by atoms with E-state index < -0.39 is 0 Å². The molecule has 0 aliphatic carbocycles. The number of fused-ring (bicyclic) bond motifs is 2. The number of benzene rings is 2. The molecule has 4 aromatic heterocycles. The number of carbonyl (C=O) groups is 1. The average molecular weight is 447 g/mol. The fourth-order valence-electron chi connectivity index (χ4n) is 3.71. The standard InChI is InChI=1S/C24H17N9O/c34-21(9-14-5-8-26-27-12-14)24-30-19-3-1-15(11-20(19)31-24)23-25-7-6-22(32-23)29-17-2-4-18-16(10-17)13-28-33-18/h1-8,10-13H,9H2,(H,28,33)(H,30,31)(H,25,29,32). The summed E-state index contributed by atoms with van der Waals surface area (Å²) < 4.78 is 0. The summed E-state index contributed by atoms with van der Waals surface area (Å²) in [6.07, 6.45) is 6.81. The molecular weight excluding hydrogens is 430 g/mol. The van der Waals surface area contributed by atoms with Gasteiger partial charge in [-0.25, -0.2) is 15.0 Å². The third-order valence-electron chi connectivity index (χ3n) is 5.38. The molecule has 0 unspecified atom stereocenters. The molecule has 0 bridgehead atoms. The molecule has 164 valence electrons. The first-order valence-corrected chi connectivity index (χ1v) is 10.5. The van der Waals surface area contributed by atoms with Crippen LogP contribution in [0.3, 0.4) is 0 Å². The van der Waals surface area contributed by atoms with Gasteiger partial charge in [-0.15, -0.1) is 0 Å². The molecular formula is C24H17N9O. The molecule has 0 atom stereocenters. The van der Waals surface area contributed by atoms with Crippen molar-refractivity contribution in [2.45, 2.75) is 6.42 Å². The van der Waals surface area contributed by atoms with Crippen molar-refractivity contribution in [1.29, 1.82) is 0 Å². The molecule has 0 amide bonds. The monoisotopic (exact) mass is 447 g/mol. The minimum atomic E-state index is -0.122. The van der Waals surface area contributed by atoms with Crippen LogP contribution in [-0.4, -0.2) is 46.1 Å². The van der Waals surface area contributed by atoms with E-state index in [9.17, 15) is 4.79 Å². The molecule has 34 heavy (non-hydrogen) atoms. The lowest BCUT2D eigenvalue weighted by atomic mass is 10.1. The van der Waals surface area contributed by atoms with Crippen LogP contribution in [0.1, 0.15) is 16.2 Å². The number of nitrogens with zero attached hydrogens (tertiary/aromatic N) is 6. The van der Waals surface area contributed by atoms with E-state index in [4.69, 9.17) is 0 Å². The Morgan fingerprint density at radius 3 is 2.79 bits per heavy atom. The Balaban J connectivity index is 1.25. The Morgan fingerprint density at radius 2 is 1.88 bits per heavy atom. The highest BCUT2D eigenvalue weighted by atomic mass is 16.1. The number of hydrogen-bond donors (Lipinski definition) is 3. The highest BCUT2D eigenvalue weighted by Gasteiger charge is 2.14. The zero-order valence-electron chi connectivity index (χ0n) is 17.7. The zero-order chi connectivity index (χ0) is 22.9. The summed E-state index contributed by atoms with van der Waals surface area (Å²) in [5.74, 6) is 1.40. The van der Waals surface area contributed by atoms with Crippen LogP contribution in [0.25, 0.3) is 33.3 Å². The number of aromatic nitrogens is 8. The van der Waals surface area contributed by atoms with E-state index in [1.165, 1.54) is 0 Å². The van der Waals surface area contributed by atoms with Crippen LogP contribution in [-0.2, 0) is 6.42 Å². The topological polar surface area (TPSA) is 138 Å². The molecule has 4 heterocycles. The van der Waals surface area contributed by atoms with Crippen molar-refractivity contribution in [1.82, 2.24) is 40.3 Å². The SMILES string of the molecule is O=C(Cc1ccnnc1)c1nc2ccc(-c3nccc(Nc4ccc5[nH]ncc5c4)n3)cc2[nH]1. The van der Waals surface area contributed by atoms with Crippen molar-refractivity contribution in [3.63, 3.8) is 0 Å². The van der Waals surface area contributed by atoms with Gasteiger partial charge in [-0.3, -0.25) is 9.89 Å². The molecule has 3 N–H and O–H groups in total. The molecule has 0 saturated heterocycles. The fraction of sp³-hybridized carbons (Fsp3) is 0.0417. The van der Waals surface area contributed by atoms with Gasteiger partial charge in [0.15, 0.2) is 11.6 Å². The Kier molecular flexibility index (Phi) is 4.73. The third-order valence-corrected chi connectivity index (χ3v) is 5.38. The van der Waals surface area contributed by atoms with Crippen LogP contribution in [0.2, 0.25) is 0 Å². The Morgan fingerprint density at radius 1 is 0.912 bits per heavy atom. The summed E-state index contributed by atoms with van der Waals surface area (Å²) in [5.41, 5.74) is 4.89. The first-order valence-electron chi connectivity index (χ1n) is 10.5. The van der Waals surface area contributed by atoms with Crippen LogP contribution >= 0.6 is 0 Å². The first kappa shape index (κ1) is 19.7. The smallest absolute Gasteiger partial charge is 0.202 e. The van der Waals surface area contributed by atoms with E-state index in [0.717, 1.165) is 33.2 Å². The maximum Gasteiger partial charge on any atom is 0.202 e. The van der Waals surface area contributed by atoms with E-state index in [1.54, 1.807) is 30.9 Å². The van der Waals surface area contributed by atoms with Crippen LogP contribution < -0.4 is 5.32 Å². The molecule has 10 heteroatoms. The van der Waals surface area contributed by atoms with Crippen molar-refractivity contribution in [2.24, 2.45) is 0 Å². The lowest BCUT2D eigenvalue weighted by Gasteiger charge is -2.07. The van der Waals surface area contributed by atoms with Crippen LogP contribution in [0.15, 0.2) is 73.3 Å². The molecule has 0 radical (unpaired) electrons. The largest absolute Gasteiger partial charge is 0.340 e. The second kappa shape index (κ2) is 8.17. The second-order valence-electron chi connectivity index (χ2n) is 7.73. The van der Waals surface area contributed by atoms with Crippen molar-refractivity contribution >= 4 is 39.2 Å². The predicted molar refractivity (Wildman–Crippen MR) is 127 cm³/mol. The molecule has 6 aromatic rings. The Labute approximate surface area is 192 Å². The van der Waals surface area contributed by atoms with Gasteiger partial charge in [0.2, 0.25) is 5.78 Å². The molecule has 0 fully saturated rings. The van der Waals surface area contributed by atoms with Crippen molar-refractivity contribution in [3.8, 4) is 11.4 Å². The van der Waals surface area contributed by atoms with E-state index in [1.807, 2.05) is 42.5 Å². The number of ketones is 1. The van der Waals surface area contributed by atoms with Gasteiger partial charge in [-0.2, -0.15) is 15.3 Å². The molecule has 0 saturated carbocycles. The fourth-order valence-corrected chi connectivity index (χ4v) is 3.71. The van der Waals surface area contributed by atoms with Gasteiger partial charge >= 0.3 is 0 Å². The van der Waals surface area contributed by atoms with Gasteiger partial charge < -0.3 is 10.3 Å². The minimum Gasteiger partial charge on any atom is -0.340 e. The zero-order valence-corrected chi connectivity index (χ0v) is 17.7. The molecule has 0 spiro atoms. The summed E-state index contributed by atoms with van der Waals surface area (Å²) in [5, 5.41) is 18.8. The molecule has 0 aliphatic rings. The van der Waals surface area contributed by atoms with Crippen molar-refractivity contribution in [2.75, 3.05) is 5.32 Å². The van der Waals surface area contributed by atoms with E-state index in [2.05, 4.69) is 45.6 Å². The van der Waals surface area contributed by atoms with E-state index in [0.29, 0.717) is 23.0 Å². The number of aromatic amines is 2. The van der Waals surface area contributed by atoms with Gasteiger partial charge in [-0.1, -0.05) is 0 Å². The van der Waals surface area contributed by atoms with Gasteiger partial charge in [-0.05, 0) is 54.1 Å². The highest BCUT2D eigenvalue weighted by Crippen LogP contribution is 2.24. The van der Waals surface area contributed by atoms with Gasteiger partial charge in [0.25, 0.3) is 0 Å². The summed E-state index contributed by atoms with van der Waals surface area (Å²) in [4.78, 5) is 29.3. The maximum absolute atomic E-state index is 12.6. The number of hydrogen-bond acceptors (Lipinski definition) is 8. The average Bonchev–Trinajstić information content (AvgIpc) is 3.51. The lowest BCUT2D eigenvalue weighted by Crippen LogP contribution is -2.06. The number of imidazole rings is 1. The summed E-state index contributed by atoms with van der Waals surface area (Å²) in [7, 11) is 0. The van der Waals surface area contributed by atoms with Gasteiger partial charge in [0, 0.05) is 35.5 Å². The molecule has 0 aliphatic heterocycles. The normalized spacial score (nSPS) is 11.2.